The van der Waals surface area contributed by atoms with Crippen molar-refractivity contribution in [1.29, 1.82) is 0 Å². The molecule has 1 amide bonds. The van der Waals surface area contributed by atoms with Gasteiger partial charge in [0.25, 0.3) is 11.5 Å². The third-order valence-electron chi connectivity index (χ3n) is 5.83. The minimum Gasteiger partial charge on any atom is -0.497 e. The zero-order chi connectivity index (χ0) is 25.8. The number of carbonyl (C=O) groups excluding carboxylic acids is 2. The molecule has 0 saturated carbocycles. The molecule has 184 valence electrons. The molecule has 1 atom stereocenters. The molecule has 0 bridgehead atoms. The summed E-state index contributed by atoms with van der Waals surface area (Å²) in [6, 6.07) is 21.3. The molecule has 0 aliphatic heterocycles. The van der Waals surface area contributed by atoms with E-state index in [2.05, 4.69) is 5.32 Å². The lowest BCUT2D eigenvalue weighted by Gasteiger charge is -2.19. The Hall–Kier alpha value is -4.59. The maximum absolute atomic E-state index is 13.4. The quantitative estimate of drug-likeness (QED) is 0.389. The van der Waals surface area contributed by atoms with Gasteiger partial charge in [-0.05, 0) is 23.9 Å². The van der Waals surface area contributed by atoms with Gasteiger partial charge >= 0.3 is 5.97 Å². The molecule has 3 aromatic carbocycles. The predicted molar refractivity (Wildman–Crippen MR) is 138 cm³/mol. The van der Waals surface area contributed by atoms with Gasteiger partial charge in [0.05, 0.1) is 14.2 Å². The molecule has 0 radical (unpaired) electrons. The number of ether oxygens (including phenoxy) is 3. The Kier molecular flexibility index (Phi) is 7.05. The molecule has 4 aromatic rings. The lowest BCUT2D eigenvalue weighted by atomic mass is 9.97. The van der Waals surface area contributed by atoms with Crippen molar-refractivity contribution in [3.05, 3.63) is 88.8 Å². The number of benzene rings is 3. The molecule has 1 aromatic heterocycles. The van der Waals surface area contributed by atoms with Crippen LogP contribution < -0.4 is 20.3 Å². The number of pyridine rings is 1. The Labute approximate surface area is 208 Å². The van der Waals surface area contributed by atoms with Crippen LogP contribution in [0.2, 0.25) is 0 Å². The van der Waals surface area contributed by atoms with Gasteiger partial charge in [-0.1, -0.05) is 48.5 Å². The van der Waals surface area contributed by atoms with Crippen LogP contribution in [0.4, 0.5) is 5.69 Å². The summed E-state index contributed by atoms with van der Waals surface area (Å²) < 4.78 is 17.3. The van der Waals surface area contributed by atoms with E-state index in [-0.39, 0.29) is 11.3 Å². The number of nitrogens with zero attached hydrogens (tertiary/aromatic N) is 1. The number of rotatable bonds is 7. The molecule has 0 saturated heterocycles. The van der Waals surface area contributed by atoms with Gasteiger partial charge in [-0.3, -0.25) is 9.59 Å². The van der Waals surface area contributed by atoms with Crippen LogP contribution in [0.3, 0.4) is 0 Å². The second-order valence-electron chi connectivity index (χ2n) is 8.14. The molecule has 36 heavy (non-hydrogen) atoms. The van der Waals surface area contributed by atoms with Crippen LogP contribution in [0.25, 0.3) is 21.9 Å². The fourth-order valence-electron chi connectivity index (χ4n) is 3.99. The molecule has 1 N–H and O–H groups in total. The van der Waals surface area contributed by atoms with E-state index in [9.17, 15) is 14.4 Å². The van der Waals surface area contributed by atoms with E-state index in [1.54, 1.807) is 36.4 Å². The van der Waals surface area contributed by atoms with E-state index < -0.39 is 18.0 Å². The first-order valence-electron chi connectivity index (χ1n) is 11.3. The number of aromatic nitrogens is 1. The van der Waals surface area contributed by atoms with Gasteiger partial charge in [-0.15, -0.1) is 0 Å². The summed E-state index contributed by atoms with van der Waals surface area (Å²) in [5.41, 5.74) is 1.45. The highest BCUT2D eigenvalue weighted by molar-refractivity contribution is 6.07. The largest absolute Gasteiger partial charge is 0.497 e. The lowest BCUT2D eigenvalue weighted by molar-refractivity contribution is -0.123. The third-order valence-corrected chi connectivity index (χ3v) is 5.83. The molecule has 8 nitrogen and oxygen atoms in total. The number of anilines is 1. The van der Waals surface area contributed by atoms with Crippen molar-refractivity contribution in [1.82, 2.24) is 4.57 Å². The van der Waals surface area contributed by atoms with Crippen molar-refractivity contribution < 1.29 is 23.8 Å². The molecular formula is C28H26N2O6. The van der Waals surface area contributed by atoms with Crippen molar-refractivity contribution >= 4 is 28.3 Å². The van der Waals surface area contributed by atoms with E-state index in [0.29, 0.717) is 33.5 Å². The smallest absolute Gasteiger partial charge is 0.356 e. The summed E-state index contributed by atoms with van der Waals surface area (Å²) >= 11 is 0. The van der Waals surface area contributed by atoms with Crippen LogP contribution in [0.15, 0.2) is 77.6 Å². The van der Waals surface area contributed by atoms with Crippen LogP contribution in [0.5, 0.6) is 11.5 Å². The third kappa shape index (κ3) is 4.79. The van der Waals surface area contributed by atoms with Crippen molar-refractivity contribution in [3.63, 3.8) is 0 Å². The van der Waals surface area contributed by atoms with Crippen LogP contribution >= 0.6 is 0 Å². The number of fused-ring (bicyclic) bond motifs is 1. The molecule has 0 aliphatic rings. The molecule has 0 spiro atoms. The number of hydrogen-bond donors (Lipinski definition) is 1. The number of methoxy groups -OCH3 is 2. The molecule has 8 heteroatoms. The fourth-order valence-corrected chi connectivity index (χ4v) is 3.99. The van der Waals surface area contributed by atoms with Crippen LogP contribution in [0.1, 0.15) is 17.4 Å². The van der Waals surface area contributed by atoms with Crippen LogP contribution in [-0.4, -0.2) is 36.8 Å². The molecule has 1 unspecified atom stereocenters. The highest BCUT2D eigenvalue weighted by atomic mass is 16.5. The molecular weight excluding hydrogens is 460 g/mol. The first kappa shape index (κ1) is 24.5. The maximum Gasteiger partial charge on any atom is 0.356 e. The highest BCUT2D eigenvalue weighted by Gasteiger charge is 2.26. The van der Waals surface area contributed by atoms with Gasteiger partial charge in [-0.2, -0.15) is 0 Å². The van der Waals surface area contributed by atoms with Gasteiger partial charge in [0.1, 0.15) is 17.2 Å². The van der Waals surface area contributed by atoms with Crippen LogP contribution in [-0.2, 0) is 16.6 Å². The summed E-state index contributed by atoms with van der Waals surface area (Å²) in [7, 11) is 4.52. The van der Waals surface area contributed by atoms with E-state index >= 15 is 0 Å². The number of nitrogens with one attached hydrogen (secondary N) is 1. The first-order valence-corrected chi connectivity index (χ1v) is 11.3. The van der Waals surface area contributed by atoms with E-state index in [4.69, 9.17) is 14.2 Å². The summed E-state index contributed by atoms with van der Waals surface area (Å²) in [4.78, 5) is 39.4. The normalized spacial score (nSPS) is 11.6. The lowest BCUT2D eigenvalue weighted by Crippen LogP contribution is -2.33. The number of hydrogen-bond acceptors (Lipinski definition) is 6. The Bertz CT molecular complexity index is 1470. The van der Waals surface area contributed by atoms with E-state index in [1.807, 2.05) is 36.4 Å². The number of esters is 1. The Morgan fingerprint density at radius 2 is 1.44 bits per heavy atom. The Morgan fingerprint density at radius 1 is 0.861 bits per heavy atom. The van der Waals surface area contributed by atoms with Crippen molar-refractivity contribution in [2.24, 2.45) is 7.05 Å². The van der Waals surface area contributed by atoms with Crippen LogP contribution in [0, 0.1) is 0 Å². The van der Waals surface area contributed by atoms with Gasteiger partial charge in [-0.25, -0.2) is 4.79 Å². The summed E-state index contributed by atoms with van der Waals surface area (Å²) in [6.45, 7) is 1.46. The average Bonchev–Trinajstić information content (AvgIpc) is 2.90. The highest BCUT2D eigenvalue weighted by Crippen LogP contribution is 2.31. The maximum atomic E-state index is 13.4. The minimum atomic E-state index is -1.15. The van der Waals surface area contributed by atoms with Crippen molar-refractivity contribution in [3.8, 4) is 22.6 Å². The molecule has 4 rings (SSSR count). The Balaban J connectivity index is 1.68. The van der Waals surface area contributed by atoms with Gasteiger partial charge in [0, 0.05) is 41.9 Å². The van der Waals surface area contributed by atoms with Gasteiger partial charge in [0.15, 0.2) is 6.10 Å². The fraction of sp³-hybridized carbons (Fsp3) is 0.179. The zero-order valence-electron chi connectivity index (χ0n) is 20.4. The second kappa shape index (κ2) is 10.4. The number of amides is 1. The SMILES string of the molecule is COc1cc(NC(=O)C(C)OC(=O)c2c(-c3ccccc3)c3ccccc3c(=O)n2C)cc(OC)c1. The minimum absolute atomic E-state index is 0.0626. The monoisotopic (exact) mass is 486 g/mol. The Morgan fingerprint density at radius 3 is 2.06 bits per heavy atom. The van der Waals surface area contributed by atoms with Crippen molar-refractivity contribution in [2.75, 3.05) is 19.5 Å². The second-order valence-corrected chi connectivity index (χ2v) is 8.14. The predicted octanol–water partition coefficient (Wildman–Crippen LogP) is 4.41. The van der Waals surface area contributed by atoms with Gasteiger partial charge < -0.3 is 24.1 Å². The summed E-state index contributed by atoms with van der Waals surface area (Å²) in [6.07, 6.45) is -1.15. The van der Waals surface area contributed by atoms with E-state index in [0.717, 1.165) is 5.56 Å². The first-order chi connectivity index (χ1) is 17.3. The average molecular weight is 487 g/mol. The standard InChI is InChI=1S/C28H26N2O6/c1-17(26(31)29-19-14-20(34-3)16-21(15-19)35-4)36-28(33)25-24(18-10-6-5-7-11-18)22-12-8-9-13-23(22)27(32)30(25)2/h5-17H,1-4H3,(H,29,31). The number of carbonyl (C=O) groups is 2. The topological polar surface area (TPSA) is 95.9 Å². The molecule has 1 heterocycles. The summed E-state index contributed by atoms with van der Waals surface area (Å²) in [5.74, 6) is -0.350. The van der Waals surface area contributed by atoms with Gasteiger partial charge in [0.2, 0.25) is 0 Å². The van der Waals surface area contributed by atoms with E-state index in [1.165, 1.54) is 32.8 Å². The molecule has 0 aliphatic carbocycles. The zero-order valence-corrected chi connectivity index (χ0v) is 20.4. The summed E-state index contributed by atoms with van der Waals surface area (Å²) in [5, 5.41) is 3.81. The van der Waals surface area contributed by atoms with Crippen molar-refractivity contribution in [2.45, 2.75) is 13.0 Å². The molecule has 0 fully saturated rings.